The van der Waals surface area contributed by atoms with E-state index in [0.29, 0.717) is 18.2 Å². The number of carbonyl (C=O) groups excluding carboxylic acids is 2. The van der Waals surface area contributed by atoms with Crippen molar-refractivity contribution in [3.05, 3.63) is 65.6 Å². The van der Waals surface area contributed by atoms with Gasteiger partial charge in [0.25, 0.3) is 11.8 Å². The molecule has 1 atom stereocenters. The maximum Gasteiger partial charge on any atom is 0.275 e. The fraction of sp³-hybridized carbons (Fsp3) is 0.304. The number of likely N-dealkylation sites (N-methyl/N-ethyl adjacent to an activating group) is 2. The first kappa shape index (κ1) is 23.6. The summed E-state index contributed by atoms with van der Waals surface area (Å²) in [7, 11) is 2.96. The van der Waals surface area contributed by atoms with E-state index in [0.717, 1.165) is 22.4 Å². The minimum absolute atomic E-state index is 0.443. The van der Waals surface area contributed by atoms with Gasteiger partial charge in [0.1, 0.15) is 5.75 Å². The van der Waals surface area contributed by atoms with Gasteiger partial charge in [0.15, 0.2) is 6.04 Å². The average Bonchev–Trinajstić information content (AvgIpc) is 2.77. The van der Waals surface area contributed by atoms with Crippen molar-refractivity contribution in [2.45, 2.75) is 19.9 Å². The van der Waals surface area contributed by atoms with Crippen molar-refractivity contribution < 1.29 is 14.3 Å². The van der Waals surface area contributed by atoms with Gasteiger partial charge in [-0.05, 0) is 34.7 Å². The maximum absolute atomic E-state index is 12.1. The van der Waals surface area contributed by atoms with Crippen LogP contribution in [-0.2, 0) is 9.59 Å². The Labute approximate surface area is 182 Å². The SMILES string of the molecule is C=C(c1ccc(-c2ccc(OCC(C)C)cc2)cc1)N(C)C(C(=O)NC)C(=O)NN=O. The molecular weight excluding hydrogens is 396 g/mol. The monoisotopic (exact) mass is 424 g/mol. The van der Waals surface area contributed by atoms with Crippen molar-refractivity contribution in [2.75, 3.05) is 20.7 Å². The number of rotatable bonds is 10. The average molecular weight is 425 g/mol. The van der Waals surface area contributed by atoms with Gasteiger partial charge in [-0.2, -0.15) is 0 Å². The summed E-state index contributed by atoms with van der Waals surface area (Å²) >= 11 is 0. The molecule has 0 fully saturated rings. The summed E-state index contributed by atoms with van der Waals surface area (Å²) in [6.45, 7) is 8.86. The summed E-state index contributed by atoms with van der Waals surface area (Å²) in [5.74, 6) is -0.134. The van der Waals surface area contributed by atoms with E-state index in [1.165, 1.54) is 11.9 Å². The Bertz CT molecular complexity index is 924. The molecule has 0 aliphatic rings. The lowest BCUT2D eigenvalue weighted by molar-refractivity contribution is -0.134. The third kappa shape index (κ3) is 6.15. The molecule has 164 valence electrons. The van der Waals surface area contributed by atoms with Crippen molar-refractivity contribution >= 4 is 17.5 Å². The number of benzene rings is 2. The topological polar surface area (TPSA) is 100 Å². The largest absolute Gasteiger partial charge is 0.493 e. The minimum Gasteiger partial charge on any atom is -0.493 e. The molecule has 0 aliphatic carbocycles. The second-order valence-electron chi connectivity index (χ2n) is 7.45. The molecule has 2 amide bonds. The number of ether oxygens (including phenoxy) is 1. The normalized spacial score (nSPS) is 11.4. The molecule has 0 saturated carbocycles. The van der Waals surface area contributed by atoms with Crippen molar-refractivity contribution in [1.29, 1.82) is 0 Å². The van der Waals surface area contributed by atoms with Crippen LogP contribution in [0, 0.1) is 10.8 Å². The molecule has 0 aromatic heterocycles. The Kier molecular flexibility index (Phi) is 8.31. The molecule has 2 aromatic carbocycles. The second-order valence-corrected chi connectivity index (χ2v) is 7.45. The highest BCUT2D eigenvalue weighted by molar-refractivity contribution is 6.05. The Morgan fingerprint density at radius 2 is 1.58 bits per heavy atom. The van der Waals surface area contributed by atoms with E-state index in [1.54, 1.807) is 12.5 Å². The first-order valence-corrected chi connectivity index (χ1v) is 9.87. The van der Waals surface area contributed by atoms with Crippen LogP contribution in [0.2, 0.25) is 0 Å². The summed E-state index contributed by atoms with van der Waals surface area (Å²) < 4.78 is 5.71. The van der Waals surface area contributed by atoms with Crippen LogP contribution in [0.3, 0.4) is 0 Å². The van der Waals surface area contributed by atoms with Gasteiger partial charge in [-0.3, -0.25) is 9.59 Å². The third-order valence-electron chi connectivity index (χ3n) is 4.70. The maximum atomic E-state index is 12.1. The summed E-state index contributed by atoms with van der Waals surface area (Å²) in [6.07, 6.45) is 0. The van der Waals surface area contributed by atoms with Crippen molar-refractivity contribution in [1.82, 2.24) is 15.6 Å². The zero-order valence-corrected chi connectivity index (χ0v) is 18.2. The number of amides is 2. The Balaban J connectivity index is 2.15. The van der Waals surface area contributed by atoms with Gasteiger partial charge in [0, 0.05) is 19.8 Å². The molecule has 8 nitrogen and oxygen atoms in total. The van der Waals surface area contributed by atoms with Gasteiger partial charge in [0.2, 0.25) is 0 Å². The fourth-order valence-corrected chi connectivity index (χ4v) is 2.93. The molecule has 0 aliphatic heterocycles. The molecule has 2 N–H and O–H groups in total. The number of nitroso groups, excluding NO2 is 1. The minimum atomic E-state index is -1.28. The van der Waals surface area contributed by atoms with E-state index in [1.807, 2.05) is 48.5 Å². The predicted octanol–water partition coefficient (Wildman–Crippen LogP) is 3.20. The quantitative estimate of drug-likeness (QED) is 0.347. The number of hydrogen-bond acceptors (Lipinski definition) is 6. The molecule has 2 aromatic rings. The summed E-state index contributed by atoms with van der Waals surface area (Å²) in [5.41, 5.74) is 4.97. The van der Waals surface area contributed by atoms with Crippen molar-refractivity contribution in [2.24, 2.45) is 11.2 Å². The lowest BCUT2D eigenvalue weighted by atomic mass is 10.0. The van der Waals surface area contributed by atoms with Crippen LogP contribution in [0.5, 0.6) is 5.75 Å². The van der Waals surface area contributed by atoms with E-state index >= 15 is 0 Å². The number of hydrogen-bond donors (Lipinski definition) is 2. The molecule has 0 spiro atoms. The van der Waals surface area contributed by atoms with E-state index in [2.05, 4.69) is 31.0 Å². The highest BCUT2D eigenvalue weighted by Gasteiger charge is 2.31. The van der Waals surface area contributed by atoms with Crippen LogP contribution < -0.4 is 15.5 Å². The molecule has 2 rings (SSSR count). The van der Waals surface area contributed by atoms with Gasteiger partial charge in [-0.15, -0.1) is 4.91 Å². The van der Waals surface area contributed by atoms with E-state index in [-0.39, 0.29) is 0 Å². The molecule has 0 bridgehead atoms. The van der Waals surface area contributed by atoms with Crippen LogP contribution >= 0.6 is 0 Å². The van der Waals surface area contributed by atoms with Crippen LogP contribution in [0.1, 0.15) is 19.4 Å². The lowest BCUT2D eigenvalue weighted by Gasteiger charge is -2.28. The zero-order chi connectivity index (χ0) is 23.0. The van der Waals surface area contributed by atoms with Gasteiger partial charge in [-0.1, -0.05) is 56.8 Å². The predicted molar refractivity (Wildman–Crippen MR) is 121 cm³/mol. The molecule has 8 heteroatoms. The van der Waals surface area contributed by atoms with Crippen LogP contribution in [0.15, 0.2) is 60.4 Å². The molecule has 1 unspecified atom stereocenters. The van der Waals surface area contributed by atoms with Gasteiger partial charge < -0.3 is 15.0 Å². The second kappa shape index (κ2) is 10.9. The first-order chi connectivity index (χ1) is 14.8. The Hall–Kier alpha value is -3.68. The zero-order valence-electron chi connectivity index (χ0n) is 18.2. The molecule has 31 heavy (non-hydrogen) atoms. The number of nitrogens with one attached hydrogen (secondary N) is 2. The smallest absolute Gasteiger partial charge is 0.275 e. The Morgan fingerprint density at radius 1 is 1.03 bits per heavy atom. The van der Waals surface area contributed by atoms with Crippen LogP contribution in [0.25, 0.3) is 16.8 Å². The highest BCUT2D eigenvalue weighted by atomic mass is 16.5. The van der Waals surface area contributed by atoms with E-state index < -0.39 is 17.9 Å². The number of nitrogens with zero attached hydrogens (tertiary/aromatic N) is 2. The fourth-order valence-electron chi connectivity index (χ4n) is 2.93. The van der Waals surface area contributed by atoms with E-state index in [9.17, 15) is 14.5 Å². The van der Waals surface area contributed by atoms with Gasteiger partial charge >= 0.3 is 0 Å². The van der Waals surface area contributed by atoms with Gasteiger partial charge in [0.05, 0.1) is 11.9 Å². The van der Waals surface area contributed by atoms with Gasteiger partial charge in [-0.25, -0.2) is 5.43 Å². The van der Waals surface area contributed by atoms with Crippen LogP contribution in [-0.4, -0.2) is 43.5 Å². The van der Waals surface area contributed by atoms with E-state index in [4.69, 9.17) is 4.74 Å². The summed E-state index contributed by atoms with van der Waals surface area (Å²) in [4.78, 5) is 36.0. The summed E-state index contributed by atoms with van der Waals surface area (Å²) in [6, 6.07) is 14.1. The summed E-state index contributed by atoms with van der Waals surface area (Å²) in [5, 5.41) is 4.77. The van der Waals surface area contributed by atoms with Crippen LogP contribution in [0.4, 0.5) is 0 Å². The highest BCUT2D eigenvalue weighted by Crippen LogP contribution is 2.26. The number of carbonyl (C=O) groups is 2. The van der Waals surface area contributed by atoms with Crippen molar-refractivity contribution in [3.8, 4) is 16.9 Å². The standard InChI is InChI=1S/C23H28N4O4/c1-15(2)14-31-20-12-10-19(11-13-20)18-8-6-17(7-9-18)16(3)27(5)21(22(28)24-4)23(29)25-26-30/h6-13,15,21H,3,14H2,1-2,4-5H3,(H,24,28)(H,25,29,30). The first-order valence-electron chi connectivity index (χ1n) is 9.87. The lowest BCUT2D eigenvalue weighted by Crippen LogP contribution is -2.51. The van der Waals surface area contributed by atoms with Crippen molar-refractivity contribution in [3.63, 3.8) is 0 Å². The molecule has 0 heterocycles. The Morgan fingerprint density at radius 3 is 2.06 bits per heavy atom. The molecular formula is C23H28N4O4. The molecule has 0 radical (unpaired) electrons. The molecule has 0 saturated heterocycles. The third-order valence-corrected chi connectivity index (χ3v) is 4.70.